The lowest BCUT2D eigenvalue weighted by molar-refractivity contribution is -0.146. The van der Waals surface area contributed by atoms with Gasteiger partial charge in [0.05, 0.1) is 4.90 Å². The van der Waals surface area contributed by atoms with Crippen molar-refractivity contribution in [2.45, 2.75) is 11.1 Å². The van der Waals surface area contributed by atoms with Crippen LogP contribution in [0.3, 0.4) is 0 Å². The number of rotatable bonds is 5. The first-order chi connectivity index (χ1) is 8.63. The van der Waals surface area contributed by atoms with E-state index in [1.807, 2.05) is 0 Å². The second-order valence-corrected chi connectivity index (χ2v) is 5.53. The molecule has 0 amide bonds. The first kappa shape index (κ1) is 15.4. The molecule has 1 N–H and O–H groups in total. The molecule has 0 saturated carbocycles. The van der Waals surface area contributed by atoms with Crippen molar-refractivity contribution in [2.75, 3.05) is 13.1 Å². The highest BCUT2D eigenvalue weighted by Crippen LogP contribution is 2.22. The Morgan fingerprint density at radius 2 is 1.74 bits per heavy atom. The molecule has 0 aliphatic heterocycles. The number of nitrogens with zero attached hydrogens (tertiary/aromatic N) is 1. The Kier molecular flexibility index (Phi) is 4.53. The minimum atomic E-state index is -4.82. The number of sulfonamides is 1. The van der Waals surface area contributed by atoms with Crippen LogP contribution in [0.15, 0.2) is 35.2 Å². The van der Waals surface area contributed by atoms with E-state index in [9.17, 15) is 26.4 Å². The summed E-state index contributed by atoms with van der Waals surface area (Å²) in [5.74, 6) is -1.66. The van der Waals surface area contributed by atoms with Gasteiger partial charge < -0.3 is 5.11 Å². The second kappa shape index (κ2) is 5.57. The lowest BCUT2D eigenvalue weighted by Crippen LogP contribution is -2.41. The van der Waals surface area contributed by atoms with Crippen molar-refractivity contribution in [2.24, 2.45) is 0 Å². The standard InChI is InChI=1S/C10H10F3NO4S/c11-10(12,13)7-14(6-9(15)16)19(17,18)8-4-2-1-3-5-8/h1-5H,6-7H2,(H,15,16). The van der Waals surface area contributed by atoms with E-state index in [1.54, 1.807) is 0 Å². The van der Waals surface area contributed by atoms with E-state index < -0.39 is 35.3 Å². The molecule has 1 rings (SSSR count). The minimum Gasteiger partial charge on any atom is -0.480 e. The average Bonchev–Trinajstić information content (AvgIpc) is 2.27. The Bertz CT molecular complexity index is 542. The van der Waals surface area contributed by atoms with Gasteiger partial charge in [-0.3, -0.25) is 4.79 Å². The highest BCUT2D eigenvalue weighted by Gasteiger charge is 2.38. The summed E-state index contributed by atoms with van der Waals surface area (Å²) in [6.07, 6.45) is -4.82. The van der Waals surface area contributed by atoms with Gasteiger partial charge in [-0.15, -0.1) is 0 Å². The number of carbonyl (C=O) groups is 1. The Balaban J connectivity index is 3.13. The predicted molar refractivity (Wildman–Crippen MR) is 58.9 cm³/mol. The van der Waals surface area contributed by atoms with Gasteiger partial charge in [-0.25, -0.2) is 8.42 Å². The topological polar surface area (TPSA) is 74.7 Å². The van der Waals surface area contributed by atoms with Crippen LogP contribution in [0.25, 0.3) is 0 Å². The monoisotopic (exact) mass is 297 g/mol. The van der Waals surface area contributed by atoms with Crippen molar-refractivity contribution in [1.29, 1.82) is 0 Å². The van der Waals surface area contributed by atoms with E-state index in [0.29, 0.717) is 0 Å². The van der Waals surface area contributed by atoms with Crippen molar-refractivity contribution < 1.29 is 31.5 Å². The highest BCUT2D eigenvalue weighted by atomic mass is 32.2. The predicted octanol–water partition coefficient (Wildman–Crippen LogP) is 1.32. The number of carboxylic acid groups (broad SMARTS) is 1. The summed E-state index contributed by atoms with van der Waals surface area (Å²) >= 11 is 0. The first-order valence-electron chi connectivity index (χ1n) is 4.96. The fourth-order valence-electron chi connectivity index (χ4n) is 1.32. The van der Waals surface area contributed by atoms with Crippen LogP contribution in [0, 0.1) is 0 Å². The van der Waals surface area contributed by atoms with Crippen LogP contribution in [0.1, 0.15) is 0 Å². The van der Waals surface area contributed by atoms with Crippen LogP contribution in [-0.4, -0.2) is 43.1 Å². The molecular formula is C10H10F3NO4S. The molecule has 106 valence electrons. The molecule has 0 radical (unpaired) electrons. The van der Waals surface area contributed by atoms with Crippen LogP contribution in [0.2, 0.25) is 0 Å². The van der Waals surface area contributed by atoms with Crippen molar-refractivity contribution in [3.63, 3.8) is 0 Å². The summed E-state index contributed by atoms with van der Waals surface area (Å²) in [5, 5.41) is 8.52. The van der Waals surface area contributed by atoms with E-state index in [4.69, 9.17) is 5.11 Å². The van der Waals surface area contributed by atoms with E-state index >= 15 is 0 Å². The average molecular weight is 297 g/mol. The Hall–Kier alpha value is -1.61. The smallest absolute Gasteiger partial charge is 0.402 e. The zero-order valence-corrected chi connectivity index (χ0v) is 10.3. The Labute approximate surface area is 107 Å². The zero-order chi connectivity index (χ0) is 14.7. The molecule has 1 aromatic rings. The van der Waals surface area contributed by atoms with Crippen molar-refractivity contribution in [3.8, 4) is 0 Å². The van der Waals surface area contributed by atoms with Gasteiger partial charge >= 0.3 is 12.1 Å². The lowest BCUT2D eigenvalue weighted by Gasteiger charge is -2.21. The van der Waals surface area contributed by atoms with Gasteiger partial charge in [0.2, 0.25) is 10.0 Å². The molecule has 0 saturated heterocycles. The van der Waals surface area contributed by atoms with Gasteiger partial charge in [-0.2, -0.15) is 17.5 Å². The Morgan fingerprint density at radius 3 is 2.16 bits per heavy atom. The maximum atomic E-state index is 12.3. The van der Waals surface area contributed by atoms with E-state index in [1.165, 1.54) is 18.2 Å². The third kappa shape index (κ3) is 4.52. The first-order valence-corrected chi connectivity index (χ1v) is 6.41. The number of hydrogen-bond acceptors (Lipinski definition) is 3. The summed E-state index contributed by atoms with van der Waals surface area (Å²) in [4.78, 5) is 10.1. The fraction of sp³-hybridized carbons (Fsp3) is 0.300. The van der Waals surface area contributed by atoms with Crippen LogP contribution >= 0.6 is 0 Å². The van der Waals surface area contributed by atoms with Gasteiger partial charge in [-0.1, -0.05) is 18.2 Å². The molecule has 5 nitrogen and oxygen atoms in total. The molecule has 0 aliphatic rings. The van der Waals surface area contributed by atoms with Gasteiger partial charge in [-0.05, 0) is 12.1 Å². The number of hydrogen-bond donors (Lipinski definition) is 1. The molecule has 0 fully saturated rings. The number of aliphatic carboxylic acids is 1. The summed E-state index contributed by atoms with van der Waals surface area (Å²) < 4.78 is 60.6. The third-order valence-corrected chi connectivity index (χ3v) is 3.85. The minimum absolute atomic E-state index is 0.120. The maximum absolute atomic E-state index is 12.3. The number of halogens is 3. The van der Waals surface area contributed by atoms with Crippen LogP contribution in [0.5, 0.6) is 0 Å². The van der Waals surface area contributed by atoms with E-state index in [0.717, 1.165) is 12.1 Å². The number of benzene rings is 1. The maximum Gasteiger partial charge on any atom is 0.402 e. The molecule has 0 atom stereocenters. The molecular weight excluding hydrogens is 287 g/mol. The molecule has 1 aromatic carbocycles. The summed E-state index contributed by atoms with van der Waals surface area (Å²) in [7, 11) is -4.50. The SMILES string of the molecule is O=C(O)CN(CC(F)(F)F)S(=O)(=O)c1ccccc1. The van der Waals surface area contributed by atoms with Crippen LogP contribution in [0.4, 0.5) is 13.2 Å². The molecule has 0 bridgehead atoms. The van der Waals surface area contributed by atoms with Crippen LogP contribution in [-0.2, 0) is 14.8 Å². The molecule has 0 spiro atoms. The van der Waals surface area contributed by atoms with Gasteiger partial charge in [0.1, 0.15) is 13.1 Å². The van der Waals surface area contributed by atoms with Gasteiger partial charge in [0.15, 0.2) is 0 Å². The third-order valence-electron chi connectivity index (χ3n) is 2.05. The fourth-order valence-corrected chi connectivity index (χ4v) is 2.71. The normalized spacial score (nSPS) is 12.6. The molecule has 9 heteroatoms. The summed E-state index contributed by atoms with van der Waals surface area (Å²) in [6.45, 7) is -3.10. The number of alkyl halides is 3. The van der Waals surface area contributed by atoms with Crippen molar-refractivity contribution >= 4 is 16.0 Å². The summed E-state index contributed by atoms with van der Waals surface area (Å²) in [6, 6.07) is 6.35. The van der Waals surface area contributed by atoms with E-state index in [2.05, 4.69) is 0 Å². The van der Waals surface area contributed by atoms with Gasteiger partial charge in [0.25, 0.3) is 0 Å². The zero-order valence-electron chi connectivity index (χ0n) is 9.46. The highest BCUT2D eigenvalue weighted by molar-refractivity contribution is 7.89. The summed E-state index contributed by atoms with van der Waals surface area (Å²) in [5.41, 5.74) is 0. The van der Waals surface area contributed by atoms with Crippen molar-refractivity contribution in [3.05, 3.63) is 30.3 Å². The molecule has 0 unspecified atom stereocenters. The van der Waals surface area contributed by atoms with Crippen LogP contribution < -0.4 is 0 Å². The molecule has 0 heterocycles. The van der Waals surface area contributed by atoms with Crippen molar-refractivity contribution in [1.82, 2.24) is 4.31 Å². The lowest BCUT2D eigenvalue weighted by atomic mass is 10.4. The molecule has 0 aromatic heterocycles. The van der Waals surface area contributed by atoms with Gasteiger partial charge in [0, 0.05) is 0 Å². The molecule has 0 aliphatic carbocycles. The number of carboxylic acids is 1. The Morgan fingerprint density at radius 1 is 1.21 bits per heavy atom. The quantitative estimate of drug-likeness (QED) is 0.889. The van der Waals surface area contributed by atoms with E-state index in [-0.39, 0.29) is 9.20 Å². The largest absolute Gasteiger partial charge is 0.480 e. The second-order valence-electron chi connectivity index (χ2n) is 3.60. The molecule has 19 heavy (non-hydrogen) atoms.